The summed E-state index contributed by atoms with van der Waals surface area (Å²) in [5, 5.41) is 2.81. The second-order valence-corrected chi connectivity index (χ2v) is 6.21. The number of nitrogens with two attached hydrogens (primary N) is 1. The third-order valence-electron chi connectivity index (χ3n) is 3.62. The third kappa shape index (κ3) is 4.04. The number of halogens is 1. The maximum atomic E-state index is 12.0. The fourth-order valence-corrected chi connectivity index (χ4v) is 2.76. The Labute approximate surface area is 132 Å². The highest BCUT2D eigenvalue weighted by atomic mass is 79.9. The number of hydrogen-bond acceptors (Lipinski definition) is 4. The van der Waals surface area contributed by atoms with Gasteiger partial charge in [0.05, 0.1) is 17.9 Å². The van der Waals surface area contributed by atoms with E-state index in [4.69, 9.17) is 10.5 Å². The molecule has 0 saturated heterocycles. The number of anilines is 1. The molecule has 114 valence electrons. The fourth-order valence-electron chi connectivity index (χ4n) is 2.28. The Morgan fingerprint density at radius 1 is 1.43 bits per heavy atom. The van der Waals surface area contributed by atoms with Crippen molar-refractivity contribution in [2.75, 3.05) is 11.9 Å². The van der Waals surface area contributed by atoms with Crippen molar-refractivity contribution in [1.82, 2.24) is 0 Å². The average Bonchev–Trinajstić information content (AvgIpc) is 2.39. The molecule has 5 nitrogen and oxygen atoms in total. The highest BCUT2D eigenvalue weighted by molar-refractivity contribution is 9.10. The lowest BCUT2D eigenvalue weighted by atomic mass is 9.75. The largest absolute Gasteiger partial charge is 0.462 e. The first kappa shape index (κ1) is 16.0. The van der Waals surface area contributed by atoms with Crippen molar-refractivity contribution >= 4 is 33.5 Å². The molecule has 0 bridgehead atoms. The van der Waals surface area contributed by atoms with Gasteiger partial charge in [-0.05, 0) is 60.3 Å². The molecule has 0 atom stereocenters. The van der Waals surface area contributed by atoms with Crippen LogP contribution in [-0.2, 0) is 9.53 Å². The van der Waals surface area contributed by atoms with Crippen molar-refractivity contribution in [2.24, 2.45) is 5.73 Å². The molecule has 0 radical (unpaired) electrons. The van der Waals surface area contributed by atoms with Crippen molar-refractivity contribution in [2.45, 2.75) is 38.1 Å². The summed E-state index contributed by atoms with van der Waals surface area (Å²) in [6.07, 6.45) is 3.19. The average molecular weight is 355 g/mol. The van der Waals surface area contributed by atoms with E-state index in [9.17, 15) is 9.59 Å². The number of nitrogens with one attached hydrogen (secondary N) is 1. The smallest absolute Gasteiger partial charge is 0.338 e. The lowest BCUT2D eigenvalue weighted by molar-refractivity contribution is -0.118. The van der Waals surface area contributed by atoms with Gasteiger partial charge in [0.1, 0.15) is 0 Å². The zero-order valence-electron chi connectivity index (χ0n) is 11.9. The molecular weight excluding hydrogens is 336 g/mol. The van der Waals surface area contributed by atoms with Crippen LogP contribution in [0.2, 0.25) is 0 Å². The maximum absolute atomic E-state index is 12.0. The minimum atomic E-state index is -0.383. The van der Waals surface area contributed by atoms with Gasteiger partial charge in [-0.1, -0.05) is 0 Å². The SMILES string of the molecule is CCOC(=O)c1ccc(NC(=O)CC2(N)CCC2)c(Br)c1. The van der Waals surface area contributed by atoms with E-state index in [1.165, 1.54) is 0 Å². The van der Waals surface area contributed by atoms with Gasteiger partial charge >= 0.3 is 5.97 Å². The molecule has 1 aromatic rings. The second kappa shape index (κ2) is 6.58. The van der Waals surface area contributed by atoms with Gasteiger partial charge in [-0.25, -0.2) is 4.79 Å². The zero-order chi connectivity index (χ0) is 15.5. The van der Waals surface area contributed by atoms with Gasteiger partial charge in [-0.3, -0.25) is 4.79 Å². The summed E-state index contributed by atoms with van der Waals surface area (Å²) in [4.78, 5) is 23.6. The van der Waals surface area contributed by atoms with Crippen molar-refractivity contribution in [3.05, 3.63) is 28.2 Å². The van der Waals surface area contributed by atoms with E-state index in [2.05, 4.69) is 21.2 Å². The summed E-state index contributed by atoms with van der Waals surface area (Å²) in [7, 11) is 0. The highest BCUT2D eigenvalue weighted by Crippen LogP contribution is 2.33. The number of rotatable bonds is 5. The van der Waals surface area contributed by atoms with Gasteiger partial charge in [0, 0.05) is 16.4 Å². The summed E-state index contributed by atoms with van der Waals surface area (Å²) in [6.45, 7) is 2.08. The molecule has 6 heteroatoms. The number of benzene rings is 1. The van der Waals surface area contributed by atoms with Gasteiger partial charge in [0.25, 0.3) is 0 Å². The maximum Gasteiger partial charge on any atom is 0.338 e. The predicted molar refractivity (Wildman–Crippen MR) is 84.1 cm³/mol. The molecule has 0 aromatic heterocycles. The fraction of sp³-hybridized carbons (Fsp3) is 0.467. The van der Waals surface area contributed by atoms with Gasteiger partial charge in [0.2, 0.25) is 5.91 Å². The second-order valence-electron chi connectivity index (χ2n) is 5.36. The molecule has 1 fully saturated rings. The monoisotopic (exact) mass is 354 g/mol. The first-order valence-electron chi connectivity index (χ1n) is 6.99. The van der Waals surface area contributed by atoms with Gasteiger partial charge in [-0.15, -0.1) is 0 Å². The molecule has 0 aliphatic heterocycles. The summed E-state index contributed by atoms with van der Waals surface area (Å²) in [6, 6.07) is 4.94. The van der Waals surface area contributed by atoms with Crippen molar-refractivity contribution in [1.29, 1.82) is 0 Å². The number of carbonyl (C=O) groups is 2. The summed E-state index contributed by atoms with van der Waals surface area (Å²) in [5.41, 5.74) is 6.78. The first-order valence-corrected chi connectivity index (χ1v) is 7.78. The van der Waals surface area contributed by atoms with Gasteiger partial charge in [0.15, 0.2) is 0 Å². The highest BCUT2D eigenvalue weighted by Gasteiger charge is 2.34. The topological polar surface area (TPSA) is 81.4 Å². The number of ether oxygens (including phenoxy) is 1. The minimum absolute atomic E-state index is 0.109. The lowest BCUT2D eigenvalue weighted by Crippen LogP contribution is -2.48. The summed E-state index contributed by atoms with van der Waals surface area (Å²) in [5.74, 6) is -0.492. The van der Waals surface area contributed by atoms with E-state index in [-0.39, 0.29) is 17.4 Å². The Morgan fingerprint density at radius 3 is 2.67 bits per heavy atom. The van der Waals surface area contributed by atoms with E-state index in [1.807, 2.05) is 0 Å². The summed E-state index contributed by atoms with van der Waals surface area (Å²) >= 11 is 3.35. The number of carbonyl (C=O) groups excluding carboxylic acids is 2. The predicted octanol–water partition coefficient (Wildman–Crippen LogP) is 2.84. The van der Waals surface area contributed by atoms with Crippen LogP contribution in [-0.4, -0.2) is 24.0 Å². The Kier molecular flexibility index (Phi) is 5.00. The number of amides is 1. The third-order valence-corrected chi connectivity index (χ3v) is 4.27. The minimum Gasteiger partial charge on any atom is -0.462 e. The molecule has 3 N–H and O–H groups in total. The van der Waals surface area contributed by atoms with Crippen LogP contribution in [0.3, 0.4) is 0 Å². The molecule has 1 aromatic carbocycles. The molecule has 0 heterocycles. The van der Waals surface area contributed by atoms with Crippen molar-refractivity contribution in [3.63, 3.8) is 0 Å². The first-order chi connectivity index (χ1) is 9.93. The number of esters is 1. The lowest BCUT2D eigenvalue weighted by Gasteiger charge is -2.37. The molecule has 21 heavy (non-hydrogen) atoms. The van der Waals surface area contributed by atoms with Crippen LogP contribution in [0, 0.1) is 0 Å². The Bertz CT molecular complexity index is 556. The van der Waals surface area contributed by atoms with Crippen molar-refractivity contribution < 1.29 is 14.3 Å². The summed E-state index contributed by atoms with van der Waals surface area (Å²) < 4.78 is 5.57. The molecule has 2 rings (SSSR count). The Balaban J connectivity index is 2.00. The molecule has 1 saturated carbocycles. The van der Waals surface area contributed by atoms with E-state index in [1.54, 1.807) is 25.1 Å². The van der Waals surface area contributed by atoms with Crippen LogP contribution in [0.4, 0.5) is 5.69 Å². The van der Waals surface area contributed by atoms with Crippen LogP contribution in [0.1, 0.15) is 43.0 Å². The van der Waals surface area contributed by atoms with E-state index in [0.29, 0.717) is 28.8 Å². The van der Waals surface area contributed by atoms with E-state index >= 15 is 0 Å². The Hall–Kier alpha value is -1.40. The molecule has 1 aliphatic rings. The molecular formula is C15H19BrN2O3. The van der Waals surface area contributed by atoms with Crippen LogP contribution in [0.5, 0.6) is 0 Å². The van der Waals surface area contributed by atoms with E-state index in [0.717, 1.165) is 19.3 Å². The standard InChI is InChI=1S/C15H19BrN2O3/c1-2-21-14(20)10-4-5-12(11(16)8-10)18-13(19)9-15(17)6-3-7-15/h4-5,8H,2-3,6-7,9,17H2,1H3,(H,18,19). The van der Waals surface area contributed by atoms with Crippen LogP contribution in [0.15, 0.2) is 22.7 Å². The number of hydrogen-bond donors (Lipinski definition) is 2. The van der Waals surface area contributed by atoms with Crippen LogP contribution < -0.4 is 11.1 Å². The molecule has 0 unspecified atom stereocenters. The van der Waals surface area contributed by atoms with Crippen molar-refractivity contribution in [3.8, 4) is 0 Å². The Morgan fingerprint density at radius 2 is 2.14 bits per heavy atom. The molecule has 0 spiro atoms. The molecule has 1 aliphatic carbocycles. The zero-order valence-corrected chi connectivity index (χ0v) is 13.5. The van der Waals surface area contributed by atoms with Crippen LogP contribution >= 0.6 is 15.9 Å². The normalized spacial score (nSPS) is 16.0. The van der Waals surface area contributed by atoms with Crippen LogP contribution in [0.25, 0.3) is 0 Å². The van der Waals surface area contributed by atoms with E-state index < -0.39 is 0 Å². The molecule has 1 amide bonds. The van der Waals surface area contributed by atoms with Gasteiger partial charge in [-0.2, -0.15) is 0 Å². The quantitative estimate of drug-likeness (QED) is 0.796. The van der Waals surface area contributed by atoms with Gasteiger partial charge < -0.3 is 15.8 Å².